The van der Waals surface area contributed by atoms with Crippen molar-refractivity contribution in [1.82, 2.24) is 9.88 Å². The Bertz CT molecular complexity index is 1020. The maximum absolute atomic E-state index is 12.8. The molecule has 1 amide bonds. The molecule has 1 aromatic carbocycles. The molecule has 2 aliphatic rings. The molecular formula is C26H32N4O2. The highest BCUT2D eigenvalue weighted by atomic mass is 16.5. The van der Waals surface area contributed by atoms with Gasteiger partial charge in [-0.3, -0.25) is 4.79 Å². The number of pyridine rings is 1. The van der Waals surface area contributed by atoms with E-state index in [2.05, 4.69) is 31.7 Å². The lowest BCUT2D eigenvalue weighted by molar-refractivity contribution is -0.0407. The van der Waals surface area contributed by atoms with E-state index in [4.69, 9.17) is 9.72 Å². The molecule has 2 aliphatic heterocycles. The van der Waals surface area contributed by atoms with Gasteiger partial charge >= 0.3 is 0 Å². The van der Waals surface area contributed by atoms with E-state index < -0.39 is 0 Å². The Balaban J connectivity index is 1.61. The summed E-state index contributed by atoms with van der Waals surface area (Å²) in [6.07, 6.45) is 3.77. The van der Waals surface area contributed by atoms with Crippen LogP contribution in [0.25, 0.3) is 0 Å². The number of hydrogen-bond donors (Lipinski definition) is 0. The Morgan fingerprint density at radius 1 is 1.16 bits per heavy atom. The van der Waals surface area contributed by atoms with E-state index in [9.17, 15) is 10.1 Å². The van der Waals surface area contributed by atoms with Gasteiger partial charge in [-0.25, -0.2) is 4.98 Å². The van der Waals surface area contributed by atoms with Crippen molar-refractivity contribution in [2.45, 2.75) is 58.7 Å². The second-order valence-corrected chi connectivity index (χ2v) is 9.30. The molecule has 1 fully saturated rings. The SMILES string of the molecule is CCCCc1nc(N2CCN(C(=O)c3ccccc3)CC2)c(C#N)c2c1COC(C)(C)C2. The summed E-state index contributed by atoms with van der Waals surface area (Å²) in [6, 6.07) is 11.9. The lowest BCUT2D eigenvalue weighted by atomic mass is 9.87. The first kappa shape index (κ1) is 22.3. The maximum atomic E-state index is 12.8. The summed E-state index contributed by atoms with van der Waals surface area (Å²) in [4.78, 5) is 21.9. The average Bonchev–Trinajstić information content (AvgIpc) is 2.81. The largest absolute Gasteiger partial charge is 0.370 e. The summed E-state index contributed by atoms with van der Waals surface area (Å²) in [5, 5.41) is 10.1. The minimum absolute atomic E-state index is 0.0617. The Hall–Kier alpha value is -2.91. The van der Waals surface area contributed by atoms with Gasteiger partial charge in [-0.2, -0.15) is 5.26 Å². The van der Waals surface area contributed by atoms with Gasteiger partial charge in [-0.15, -0.1) is 0 Å². The van der Waals surface area contributed by atoms with Gasteiger partial charge in [-0.1, -0.05) is 31.5 Å². The smallest absolute Gasteiger partial charge is 0.253 e. The summed E-state index contributed by atoms with van der Waals surface area (Å²) in [5.41, 5.74) is 4.38. The van der Waals surface area contributed by atoms with Crippen molar-refractivity contribution in [2.75, 3.05) is 31.1 Å². The monoisotopic (exact) mass is 432 g/mol. The van der Waals surface area contributed by atoms with Gasteiger partial charge < -0.3 is 14.5 Å². The number of nitrogens with zero attached hydrogens (tertiary/aromatic N) is 4. The van der Waals surface area contributed by atoms with E-state index in [0.717, 1.165) is 47.5 Å². The molecule has 3 heterocycles. The molecule has 1 aromatic heterocycles. The molecular weight excluding hydrogens is 400 g/mol. The maximum Gasteiger partial charge on any atom is 0.253 e. The molecule has 0 bridgehead atoms. The summed E-state index contributed by atoms with van der Waals surface area (Å²) in [7, 11) is 0. The Labute approximate surface area is 190 Å². The van der Waals surface area contributed by atoms with Gasteiger partial charge in [0, 0.05) is 49.4 Å². The van der Waals surface area contributed by atoms with E-state index in [1.807, 2.05) is 35.2 Å². The predicted molar refractivity (Wildman–Crippen MR) is 125 cm³/mol. The van der Waals surface area contributed by atoms with Crippen LogP contribution in [0, 0.1) is 11.3 Å². The van der Waals surface area contributed by atoms with Gasteiger partial charge in [0.1, 0.15) is 11.9 Å². The van der Waals surface area contributed by atoms with Crippen LogP contribution in [0.4, 0.5) is 5.82 Å². The number of rotatable bonds is 5. The molecule has 0 saturated carbocycles. The summed E-state index contributed by atoms with van der Waals surface area (Å²) in [5.74, 6) is 0.841. The zero-order valence-electron chi connectivity index (χ0n) is 19.4. The zero-order chi connectivity index (χ0) is 22.7. The van der Waals surface area contributed by atoms with Crippen LogP contribution < -0.4 is 4.90 Å². The van der Waals surface area contributed by atoms with Crippen LogP contribution in [0.15, 0.2) is 30.3 Å². The average molecular weight is 433 g/mol. The molecule has 32 heavy (non-hydrogen) atoms. The fourth-order valence-corrected chi connectivity index (χ4v) is 4.60. The lowest BCUT2D eigenvalue weighted by Crippen LogP contribution is -2.49. The van der Waals surface area contributed by atoms with E-state index in [1.54, 1.807) is 0 Å². The second kappa shape index (κ2) is 9.30. The van der Waals surface area contributed by atoms with E-state index in [-0.39, 0.29) is 11.5 Å². The van der Waals surface area contributed by atoms with E-state index >= 15 is 0 Å². The lowest BCUT2D eigenvalue weighted by Gasteiger charge is -2.38. The quantitative estimate of drug-likeness (QED) is 0.711. The second-order valence-electron chi connectivity index (χ2n) is 9.30. The van der Waals surface area contributed by atoms with E-state index in [0.29, 0.717) is 44.8 Å². The van der Waals surface area contributed by atoms with Gasteiger partial charge in [-0.05, 0) is 44.4 Å². The van der Waals surface area contributed by atoms with Gasteiger partial charge in [0.2, 0.25) is 0 Å². The number of piperazine rings is 1. The fraction of sp³-hybridized carbons (Fsp3) is 0.500. The van der Waals surface area contributed by atoms with Crippen molar-refractivity contribution < 1.29 is 9.53 Å². The van der Waals surface area contributed by atoms with Crippen LogP contribution in [0.2, 0.25) is 0 Å². The van der Waals surface area contributed by atoms with Crippen molar-refractivity contribution in [3.63, 3.8) is 0 Å². The molecule has 0 atom stereocenters. The minimum Gasteiger partial charge on any atom is -0.370 e. The first-order valence-electron chi connectivity index (χ1n) is 11.6. The number of fused-ring (bicyclic) bond motifs is 1. The number of ether oxygens (including phenoxy) is 1. The topological polar surface area (TPSA) is 69.5 Å². The zero-order valence-corrected chi connectivity index (χ0v) is 19.4. The van der Waals surface area contributed by atoms with Crippen molar-refractivity contribution in [3.8, 4) is 6.07 Å². The highest BCUT2D eigenvalue weighted by Crippen LogP contribution is 2.36. The normalized spacial score (nSPS) is 17.6. The molecule has 0 radical (unpaired) electrons. The van der Waals surface area contributed by atoms with Crippen LogP contribution in [0.3, 0.4) is 0 Å². The number of aromatic nitrogens is 1. The number of amides is 1. The minimum atomic E-state index is -0.292. The van der Waals surface area contributed by atoms with Crippen LogP contribution in [-0.2, 0) is 24.2 Å². The van der Waals surface area contributed by atoms with Crippen molar-refractivity contribution in [1.29, 1.82) is 5.26 Å². The molecule has 4 rings (SSSR count). The van der Waals surface area contributed by atoms with Crippen LogP contribution in [0.5, 0.6) is 0 Å². The van der Waals surface area contributed by atoms with Crippen LogP contribution in [0.1, 0.15) is 66.4 Å². The van der Waals surface area contributed by atoms with Crippen LogP contribution in [-0.4, -0.2) is 47.6 Å². The number of aryl methyl sites for hydroxylation is 1. The molecule has 6 nitrogen and oxygen atoms in total. The number of hydrogen-bond acceptors (Lipinski definition) is 5. The predicted octanol–water partition coefficient (Wildman–Crippen LogP) is 4.11. The highest BCUT2D eigenvalue weighted by Gasteiger charge is 2.33. The molecule has 0 N–H and O–H groups in total. The molecule has 1 saturated heterocycles. The Morgan fingerprint density at radius 3 is 2.53 bits per heavy atom. The number of unbranched alkanes of at least 4 members (excludes halogenated alkanes) is 1. The first-order valence-corrected chi connectivity index (χ1v) is 11.6. The highest BCUT2D eigenvalue weighted by molar-refractivity contribution is 5.94. The number of carbonyl (C=O) groups is 1. The molecule has 0 unspecified atom stereocenters. The third kappa shape index (κ3) is 4.49. The fourth-order valence-electron chi connectivity index (χ4n) is 4.60. The summed E-state index contributed by atoms with van der Waals surface area (Å²) >= 11 is 0. The Kier molecular flexibility index (Phi) is 6.48. The van der Waals surface area contributed by atoms with Gasteiger partial charge in [0.15, 0.2) is 0 Å². The summed E-state index contributed by atoms with van der Waals surface area (Å²) in [6.45, 7) is 9.45. The van der Waals surface area contributed by atoms with Crippen molar-refractivity contribution in [3.05, 3.63) is 58.3 Å². The molecule has 6 heteroatoms. The summed E-state index contributed by atoms with van der Waals surface area (Å²) < 4.78 is 6.07. The van der Waals surface area contributed by atoms with E-state index in [1.165, 1.54) is 0 Å². The molecule has 168 valence electrons. The number of carbonyl (C=O) groups excluding carboxylic acids is 1. The third-order valence-electron chi connectivity index (χ3n) is 6.45. The number of benzene rings is 1. The van der Waals surface area contributed by atoms with Gasteiger partial charge in [0.05, 0.1) is 17.8 Å². The number of anilines is 1. The number of nitriles is 1. The molecule has 0 aliphatic carbocycles. The molecule has 2 aromatic rings. The van der Waals surface area contributed by atoms with Crippen molar-refractivity contribution in [2.24, 2.45) is 0 Å². The van der Waals surface area contributed by atoms with Gasteiger partial charge in [0.25, 0.3) is 5.91 Å². The standard InChI is InChI=1S/C26H32N4O2/c1-4-5-11-23-22-18-32-26(2,3)16-20(22)21(17-27)24(28-23)29-12-14-30(15-13-29)25(31)19-9-7-6-8-10-19/h6-10H,4-5,11-16,18H2,1-3H3. The molecule has 0 spiro atoms. The van der Waals surface area contributed by atoms with Crippen LogP contribution >= 0.6 is 0 Å². The Morgan fingerprint density at radius 2 is 1.88 bits per heavy atom. The first-order chi connectivity index (χ1) is 15.4. The third-order valence-corrected chi connectivity index (χ3v) is 6.45. The van der Waals surface area contributed by atoms with Crippen molar-refractivity contribution >= 4 is 11.7 Å².